The number of hydrogen-bond acceptors (Lipinski definition) is 6. The van der Waals surface area contributed by atoms with E-state index in [9.17, 15) is 17.9 Å². The van der Waals surface area contributed by atoms with E-state index in [0.29, 0.717) is 5.92 Å². The van der Waals surface area contributed by atoms with Crippen LogP contribution in [0.4, 0.5) is 4.39 Å². The average Bonchev–Trinajstić information content (AvgIpc) is 2.82. The number of aliphatic imine (C=N–C) groups is 1. The van der Waals surface area contributed by atoms with Crippen LogP contribution in [0.2, 0.25) is 0 Å². The summed E-state index contributed by atoms with van der Waals surface area (Å²) in [4.78, 5) is 4.35. The maximum absolute atomic E-state index is 14.3. The van der Waals surface area contributed by atoms with Crippen molar-refractivity contribution in [1.82, 2.24) is 10.0 Å². The number of hydrogen-bond donors (Lipinski definition) is 3. The fourth-order valence-corrected chi connectivity index (χ4v) is 6.59. The lowest BCUT2D eigenvalue weighted by atomic mass is 9.89. The van der Waals surface area contributed by atoms with Gasteiger partial charge < -0.3 is 15.2 Å². The van der Waals surface area contributed by atoms with Crippen LogP contribution in [0.15, 0.2) is 53.5 Å². The van der Waals surface area contributed by atoms with Crippen molar-refractivity contribution in [2.24, 2.45) is 4.99 Å². The van der Waals surface area contributed by atoms with Gasteiger partial charge in [-0.1, -0.05) is 42.5 Å². The predicted molar refractivity (Wildman–Crippen MR) is 134 cm³/mol. The third-order valence-corrected chi connectivity index (χ3v) is 8.83. The van der Waals surface area contributed by atoms with Gasteiger partial charge in [-0.25, -0.2) is 22.5 Å². The summed E-state index contributed by atoms with van der Waals surface area (Å²) >= 11 is 0. The van der Waals surface area contributed by atoms with E-state index in [0.717, 1.165) is 31.5 Å². The standard InChI is InChI=1S/C26H34FN3O4S/c1-26(2)24(17-18-7-9-19(10-8-18)20-11-14-28-15-12-20)35(32,33)30-25(34-26)29-23(13-16-31)21-5-3-4-6-22(21)27/h3-10,20,23-24,28,31H,11-17H2,1-2H3,(H,29,30). The van der Waals surface area contributed by atoms with Gasteiger partial charge in [-0.05, 0) is 75.7 Å². The predicted octanol–water partition coefficient (Wildman–Crippen LogP) is 3.41. The van der Waals surface area contributed by atoms with Crippen molar-refractivity contribution in [1.29, 1.82) is 0 Å². The molecule has 2 saturated heterocycles. The number of nitrogens with zero attached hydrogens (tertiary/aromatic N) is 1. The summed E-state index contributed by atoms with van der Waals surface area (Å²) in [5, 5.41) is 12.0. The van der Waals surface area contributed by atoms with Gasteiger partial charge in [-0.3, -0.25) is 0 Å². The van der Waals surface area contributed by atoms with Crippen molar-refractivity contribution >= 4 is 16.0 Å². The second-order valence-electron chi connectivity index (χ2n) is 9.80. The van der Waals surface area contributed by atoms with Crippen LogP contribution in [0.3, 0.4) is 0 Å². The Labute approximate surface area is 206 Å². The monoisotopic (exact) mass is 503 g/mol. The molecule has 2 aromatic rings. The van der Waals surface area contributed by atoms with Crippen LogP contribution in [0.5, 0.6) is 0 Å². The second-order valence-corrected chi connectivity index (χ2v) is 11.7. The number of halogens is 1. The van der Waals surface area contributed by atoms with Crippen molar-refractivity contribution < 1.29 is 22.7 Å². The Morgan fingerprint density at radius 3 is 2.46 bits per heavy atom. The molecule has 4 rings (SSSR count). The van der Waals surface area contributed by atoms with Crippen molar-refractivity contribution in [2.45, 2.75) is 62.3 Å². The van der Waals surface area contributed by atoms with Crippen molar-refractivity contribution in [3.05, 3.63) is 71.0 Å². The molecule has 2 aromatic carbocycles. The Kier molecular flexibility index (Phi) is 7.78. The van der Waals surface area contributed by atoms with E-state index < -0.39 is 32.7 Å². The molecule has 0 spiro atoms. The Bertz CT molecular complexity index is 1150. The zero-order valence-corrected chi connectivity index (χ0v) is 21.0. The van der Waals surface area contributed by atoms with Gasteiger partial charge in [0.2, 0.25) is 10.0 Å². The van der Waals surface area contributed by atoms with Crippen LogP contribution in [0, 0.1) is 5.82 Å². The van der Waals surface area contributed by atoms with Crippen LogP contribution in [-0.4, -0.2) is 50.1 Å². The summed E-state index contributed by atoms with van der Waals surface area (Å²) in [5.74, 6) is 0.0595. The zero-order valence-electron chi connectivity index (χ0n) is 20.2. The first-order valence-corrected chi connectivity index (χ1v) is 13.7. The van der Waals surface area contributed by atoms with Crippen molar-refractivity contribution in [2.75, 3.05) is 19.7 Å². The number of nitrogens with one attached hydrogen (secondary N) is 2. The molecule has 0 amide bonds. The molecule has 35 heavy (non-hydrogen) atoms. The molecule has 2 atom stereocenters. The molecule has 0 aliphatic carbocycles. The third kappa shape index (κ3) is 6.02. The van der Waals surface area contributed by atoms with E-state index >= 15 is 0 Å². The fraction of sp³-hybridized carbons (Fsp3) is 0.500. The summed E-state index contributed by atoms with van der Waals surface area (Å²) in [7, 11) is -3.83. The van der Waals surface area contributed by atoms with E-state index in [4.69, 9.17) is 4.74 Å². The van der Waals surface area contributed by atoms with Crippen LogP contribution in [-0.2, 0) is 21.2 Å². The summed E-state index contributed by atoms with van der Waals surface area (Å²) in [6.45, 7) is 5.24. The molecular weight excluding hydrogens is 469 g/mol. The van der Waals surface area contributed by atoms with Crippen molar-refractivity contribution in [3.63, 3.8) is 0 Å². The minimum atomic E-state index is -3.83. The van der Waals surface area contributed by atoms with E-state index in [1.807, 2.05) is 12.1 Å². The van der Waals surface area contributed by atoms with Gasteiger partial charge in [0.1, 0.15) is 16.7 Å². The third-order valence-electron chi connectivity index (χ3n) is 6.89. The number of aliphatic hydroxyl groups excluding tert-OH is 1. The quantitative estimate of drug-likeness (QED) is 0.538. The smallest absolute Gasteiger partial charge is 0.299 e. The summed E-state index contributed by atoms with van der Waals surface area (Å²) in [6, 6.07) is 13.3. The topological polar surface area (TPSA) is 100 Å². The Morgan fingerprint density at radius 2 is 1.83 bits per heavy atom. The van der Waals surface area contributed by atoms with Crippen LogP contribution < -0.4 is 10.0 Å². The van der Waals surface area contributed by atoms with E-state index in [-0.39, 0.29) is 31.0 Å². The number of benzene rings is 2. The van der Waals surface area contributed by atoms with Gasteiger partial charge in [0.25, 0.3) is 6.02 Å². The van der Waals surface area contributed by atoms with Crippen LogP contribution in [0.1, 0.15) is 61.8 Å². The number of amidine groups is 1. The minimum absolute atomic E-state index is 0.128. The molecule has 2 fully saturated rings. The minimum Gasteiger partial charge on any atom is -0.457 e. The van der Waals surface area contributed by atoms with Gasteiger partial charge in [0.05, 0.1) is 6.04 Å². The highest BCUT2D eigenvalue weighted by Gasteiger charge is 2.47. The lowest BCUT2D eigenvalue weighted by molar-refractivity contribution is 0.0759. The Morgan fingerprint density at radius 1 is 1.14 bits per heavy atom. The van der Waals surface area contributed by atoms with Crippen LogP contribution in [0.25, 0.3) is 0 Å². The van der Waals surface area contributed by atoms with E-state index in [2.05, 4.69) is 27.2 Å². The zero-order chi connectivity index (χ0) is 25.1. The highest BCUT2D eigenvalue weighted by molar-refractivity contribution is 7.90. The van der Waals surface area contributed by atoms with Crippen LogP contribution >= 0.6 is 0 Å². The molecule has 0 radical (unpaired) electrons. The van der Waals surface area contributed by atoms with E-state index in [1.54, 1.807) is 32.0 Å². The molecule has 0 saturated carbocycles. The van der Waals surface area contributed by atoms with Gasteiger partial charge in [0.15, 0.2) is 0 Å². The fourth-order valence-electron chi connectivity index (χ4n) is 4.90. The van der Waals surface area contributed by atoms with Gasteiger partial charge in [-0.15, -0.1) is 0 Å². The van der Waals surface area contributed by atoms with Gasteiger partial charge >= 0.3 is 0 Å². The first-order chi connectivity index (χ1) is 16.7. The molecule has 2 aliphatic rings. The number of piperidine rings is 1. The lowest BCUT2D eigenvalue weighted by Gasteiger charge is -2.39. The molecule has 2 aliphatic heterocycles. The Balaban J connectivity index is 1.52. The highest BCUT2D eigenvalue weighted by atomic mass is 32.2. The molecule has 2 heterocycles. The molecule has 0 aromatic heterocycles. The summed E-state index contributed by atoms with van der Waals surface area (Å²) in [6.07, 6.45) is 2.62. The molecule has 3 N–H and O–H groups in total. The maximum atomic E-state index is 14.3. The first-order valence-electron chi connectivity index (χ1n) is 12.1. The number of sulfonamides is 1. The molecule has 2 unspecified atom stereocenters. The normalized spacial score (nSPS) is 23.9. The largest absolute Gasteiger partial charge is 0.457 e. The molecule has 0 bridgehead atoms. The number of rotatable bonds is 7. The summed E-state index contributed by atoms with van der Waals surface area (Å²) in [5.41, 5.74) is 1.40. The average molecular weight is 504 g/mol. The molecule has 190 valence electrons. The molecule has 7 nitrogen and oxygen atoms in total. The van der Waals surface area contributed by atoms with Crippen molar-refractivity contribution in [3.8, 4) is 0 Å². The lowest BCUT2D eigenvalue weighted by Crippen LogP contribution is -2.59. The van der Waals surface area contributed by atoms with Gasteiger partial charge in [0, 0.05) is 12.2 Å². The van der Waals surface area contributed by atoms with E-state index in [1.165, 1.54) is 11.6 Å². The number of ether oxygens (including phenoxy) is 1. The summed E-state index contributed by atoms with van der Waals surface area (Å²) < 4.78 is 49.3. The molecule has 9 heteroatoms. The highest BCUT2D eigenvalue weighted by Crippen LogP contribution is 2.32. The number of aliphatic hydroxyl groups is 1. The Hall–Kier alpha value is -2.49. The van der Waals surface area contributed by atoms with Gasteiger partial charge in [-0.2, -0.15) is 0 Å². The molecular formula is C26H34FN3O4S. The maximum Gasteiger partial charge on any atom is 0.299 e. The first kappa shape index (κ1) is 25.6. The second kappa shape index (κ2) is 10.6. The SMILES string of the molecule is CC1(C)OC(=NC(CCO)c2ccccc2F)NS(=O)(=O)C1Cc1ccc(C2CCNCC2)cc1.